The number of amidine groups is 1. The fourth-order valence-corrected chi connectivity index (χ4v) is 3.54. The zero-order chi connectivity index (χ0) is 16.1. The Hall–Kier alpha value is -1.72. The molecule has 0 amide bonds. The third kappa shape index (κ3) is 2.08. The van der Waals surface area contributed by atoms with Gasteiger partial charge in [-0.15, -0.1) is 10.3 Å². The second kappa shape index (κ2) is 4.89. The molecule has 1 aromatic carbocycles. The summed E-state index contributed by atoms with van der Waals surface area (Å²) in [5.41, 5.74) is -0.621. The Kier molecular flexibility index (Phi) is 3.38. The SMILES string of the molecule is CC1(C)C2=NCC(C(=O)c3ccccc3)CN2C(C)(C)N1[O]. The van der Waals surface area contributed by atoms with E-state index in [9.17, 15) is 10.0 Å². The Bertz CT molecular complexity index is 622. The van der Waals surface area contributed by atoms with Crippen LogP contribution in [0.3, 0.4) is 0 Å². The van der Waals surface area contributed by atoms with E-state index >= 15 is 0 Å². The second-order valence-corrected chi connectivity index (χ2v) is 7.05. The average molecular weight is 300 g/mol. The molecule has 2 heterocycles. The third-order valence-corrected chi connectivity index (χ3v) is 4.76. The van der Waals surface area contributed by atoms with Crippen LogP contribution in [0.25, 0.3) is 0 Å². The Balaban J connectivity index is 1.90. The molecule has 22 heavy (non-hydrogen) atoms. The zero-order valence-corrected chi connectivity index (χ0v) is 13.5. The predicted molar refractivity (Wildman–Crippen MR) is 84.0 cm³/mol. The summed E-state index contributed by atoms with van der Waals surface area (Å²) in [5, 5.41) is 13.7. The maximum absolute atomic E-state index is 12.7. The van der Waals surface area contributed by atoms with Crippen LogP contribution in [0.5, 0.6) is 0 Å². The number of fused-ring (bicyclic) bond motifs is 1. The largest absolute Gasteiger partial charge is 0.338 e. The van der Waals surface area contributed by atoms with E-state index in [-0.39, 0.29) is 11.7 Å². The molecule has 0 bridgehead atoms. The van der Waals surface area contributed by atoms with Crippen molar-refractivity contribution in [1.82, 2.24) is 9.96 Å². The van der Waals surface area contributed by atoms with Crippen LogP contribution in [0.1, 0.15) is 38.1 Å². The van der Waals surface area contributed by atoms with E-state index in [1.54, 1.807) is 0 Å². The summed E-state index contributed by atoms with van der Waals surface area (Å²) < 4.78 is 0. The first kappa shape index (κ1) is 15.2. The van der Waals surface area contributed by atoms with Gasteiger partial charge in [-0.1, -0.05) is 30.3 Å². The van der Waals surface area contributed by atoms with Crippen LogP contribution in [0.2, 0.25) is 0 Å². The molecule has 1 radical (unpaired) electrons. The number of hydrogen-bond acceptors (Lipinski definition) is 4. The van der Waals surface area contributed by atoms with E-state index in [0.29, 0.717) is 18.7 Å². The van der Waals surface area contributed by atoms with E-state index in [0.717, 1.165) is 10.9 Å². The van der Waals surface area contributed by atoms with Gasteiger partial charge in [-0.2, -0.15) is 0 Å². The molecule has 1 saturated heterocycles. The highest BCUT2D eigenvalue weighted by atomic mass is 16.5. The summed E-state index contributed by atoms with van der Waals surface area (Å²) in [4.78, 5) is 19.2. The molecular weight excluding hydrogens is 278 g/mol. The van der Waals surface area contributed by atoms with E-state index in [2.05, 4.69) is 4.99 Å². The first-order valence-electron chi connectivity index (χ1n) is 7.65. The van der Waals surface area contributed by atoms with Gasteiger partial charge in [0.1, 0.15) is 17.0 Å². The van der Waals surface area contributed by atoms with E-state index in [1.165, 1.54) is 0 Å². The van der Waals surface area contributed by atoms with Crippen molar-refractivity contribution < 1.29 is 10.0 Å². The molecule has 1 fully saturated rings. The number of nitrogens with zero attached hydrogens (tertiary/aromatic N) is 3. The van der Waals surface area contributed by atoms with E-state index in [4.69, 9.17) is 0 Å². The standard InChI is InChI=1S/C17H22N3O2/c1-16(2)15-18-10-13(11-19(15)17(3,4)20(16)22)14(21)12-8-6-5-7-9-12/h5-9,13H,10-11H2,1-4H3. The van der Waals surface area contributed by atoms with Crippen LogP contribution in [0.4, 0.5) is 0 Å². The van der Waals surface area contributed by atoms with Crippen LogP contribution in [-0.4, -0.2) is 45.9 Å². The lowest BCUT2D eigenvalue weighted by molar-refractivity contribution is -0.258. The molecule has 2 aliphatic rings. The lowest BCUT2D eigenvalue weighted by Crippen LogP contribution is -2.52. The summed E-state index contributed by atoms with van der Waals surface area (Å²) in [5.74, 6) is 0.693. The van der Waals surface area contributed by atoms with E-state index in [1.807, 2.05) is 62.9 Å². The Labute approximate surface area is 131 Å². The van der Waals surface area contributed by atoms with Crippen molar-refractivity contribution in [1.29, 1.82) is 0 Å². The van der Waals surface area contributed by atoms with E-state index < -0.39 is 11.2 Å². The number of Topliss-reactive ketones (excluding diaryl/α,β-unsaturated/α-hetero) is 1. The van der Waals surface area contributed by atoms with Gasteiger partial charge in [-0.05, 0) is 27.7 Å². The molecule has 117 valence electrons. The molecule has 1 unspecified atom stereocenters. The summed E-state index contributed by atoms with van der Waals surface area (Å²) in [6.45, 7) is 8.55. The monoisotopic (exact) mass is 300 g/mol. The molecule has 0 aliphatic carbocycles. The molecule has 0 saturated carbocycles. The number of carbonyl (C=O) groups is 1. The van der Waals surface area contributed by atoms with Crippen LogP contribution < -0.4 is 0 Å². The van der Waals surface area contributed by atoms with Crippen molar-refractivity contribution in [3.8, 4) is 0 Å². The molecule has 0 aromatic heterocycles. The summed E-state index contributed by atoms with van der Waals surface area (Å²) in [6.07, 6.45) is 0. The third-order valence-electron chi connectivity index (χ3n) is 4.76. The van der Waals surface area contributed by atoms with Crippen LogP contribution in [0.15, 0.2) is 35.3 Å². The highest BCUT2D eigenvalue weighted by molar-refractivity contribution is 6.00. The van der Waals surface area contributed by atoms with Crippen molar-refractivity contribution in [2.24, 2.45) is 10.9 Å². The minimum absolute atomic E-state index is 0.0985. The van der Waals surface area contributed by atoms with Gasteiger partial charge in [0.05, 0.1) is 12.5 Å². The zero-order valence-electron chi connectivity index (χ0n) is 13.5. The van der Waals surface area contributed by atoms with Crippen LogP contribution >= 0.6 is 0 Å². The fourth-order valence-electron chi connectivity index (χ4n) is 3.54. The van der Waals surface area contributed by atoms with Gasteiger partial charge in [0.25, 0.3) is 0 Å². The highest BCUT2D eigenvalue weighted by Crippen LogP contribution is 2.40. The maximum atomic E-state index is 12.7. The highest BCUT2D eigenvalue weighted by Gasteiger charge is 2.57. The van der Waals surface area contributed by atoms with Gasteiger partial charge < -0.3 is 4.90 Å². The normalized spacial score (nSPS) is 26.5. The number of benzene rings is 1. The Morgan fingerprint density at radius 2 is 1.82 bits per heavy atom. The number of hydroxylamine groups is 2. The van der Waals surface area contributed by atoms with Crippen LogP contribution in [-0.2, 0) is 5.21 Å². The summed E-state index contributed by atoms with van der Waals surface area (Å²) >= 11 is 0. The predicted octanol–water partition coefficient (Wildman–Crippen LogP) is 2.38. The van der Waals surface area contributed by atoms with Crippen molar-refractivity contribution in [2.75, 3.05) is 13.1 Å². The van der Waals surface area contributed by atoms with Gasteiger partial charge in [0.15, 0.2) is 5.78 Å². The minimum Gasteiger partial charge on any atom is -0.338 e. The van der Waals surface area contributed by atoms with Gasteiger partial charge in [0, 0.05) is 12.1 Å². The summed E-state index contributed by atoms with van der Waals surface area (Å²) in [6, 6.07) is 9.30. The molecule has 0 spiro atoms. The van der Waals surface area contributed by atoms with Crippen molar-refractivity contribution >= 4 is 11.6 Å². The maximum Gasteiger partial charge on any atom is 0.169 e. The number of rotatable bonds is 2. The molecule has 1 atom stereocenters. The lowest BCUT2D eigenvalue weighted by atomic mass is 9.94. The topological polar surface area (TPSA) is 55.8 Å². The van der Waals surface area contributed by atoms with Gasteiger partial charge in [-0.25, -0.2) is 0 Å². The molecular formula is C17H22N3O2. The van der Waals surface area contributed by atoms with Crippen molar-refractivity contribution in [2.45, 2.75) is 38.9 Å². The molecule has 2 aliphatic heterocycles. The summed E-state index contributed by atoms with van der Waals surface area (Å²) in [7, 11) is 0. The van der Waals surface area contributed by atoms with Crippen LogP contribution in [0, 0.1) is 5.92 Å². The van der Waals surface area contributed by atoms with Crippen molar-refractivity contribution in [3.63, 3.8) is 0 Å². The number of aliphatic imine (C=N–C) groups is 1. The Morgan fingerprint density at radius 1 is 1.18 bits per heavy atom. The lowest BCUT2D eigenvalue weighted by Gasteiger charge is -2.38. The second-order valence-electron chi connectivity index (χ2n) is 7.05. The van der Waals surface area contributed by atoms with Gasteiger partial charge in [-0.3, -0.25) is 9.79 Å². The fraction of sp³-hybridized carbons (Fsp3) is 0.529. The Morgan fingerprint density at radius 3 is 2.45 bits per heavy atom. The smallest absolute Gasteiger partial charge is 0.169 e. The quantitative estimate of drug-likeness (QED) is 0.788. The van der Waals surface area contributed by atoms with Gasteiger partial charge in [0.2, 0.25) is 0 Å². The molecule has 0 N–H and O–H groups in total. The molecule has 5 heteroatoms. The molecule has 5 nitrogen and oxygen atoms in total. The minimum atomic E-state index is -0.683. The van der Waals surface area contributed by atoms with Crippen molar-refractivity contribution in [3.05, 3.63) is 35.9 Å². The number of hydrogen-bond donors (Lipinski definition) is 0. The molecule has 3 rings (SSSR count). The molecule has 1 aromatic rings. The number of ketones is 1. The first-order chi connectivity index (χ1) is 10.3. The van der Waals surface area contributed by atoms with Gasteiger partial charge >= 0.3 is 0 Å². The number of carbonyl (C=O) groups excluding carboxylic acids is 1. The average Bonchev–Trinajstić information content (AvgIpc) is 2.65. The first-order valence-corrected chi connectivity index (χ1v) is 7.65.